The number of nitrogens with zero attached hydrogens (tertiary/aromatic N) is 3. The van der Waals surface area contributed by atoms with Gasteiger partial charge in [0.2, 0.25) is 5.91 Å². The van der Waals surface area contributed by atoms with Crippen LogP contribution in [0, 0.1) is 11.6 Å². The van der Waals surface area contributed by atoms with Gasteiger partial charge in [0.15, 0.2) is 11.6 Å². The standard InChI is InChI=1S/C29H33F8N3O/c1-38(27(41)15-19-13-21(28(32,33)34)17-22(14-19)29(35,36)37)18-26(20-5-6-24(30)25(31)16-20)40-11-7-23(8-12-40)39-9-3-2-4-10-39/h5-6,13-14,16-17,23,26H,2-4,7-12,15,18H2,1H3. The third-order valence-electron chi connectivity index (χ3n) is 8.05. The quantitative estimate of drug-likeness (QED) is 0.336. The molecule has 0 spiro atoms. The average Bonchev–Trinajstić information content (AvgIpc) is 2.92. The zero-order valence-electron chi connectivity index (χ0n) is 22.7. The van der Waals surface area contributed by atoms with Crippen molar-refractivity contribution in [1.82, 2.24) is 14.7 Å². The van der Waals surface area contributed by atoms with Gasteiger partial charge in [-0.2, -0.15) is 26.3 Å². The van der Waals surface area contributed by atoms with Crippen molar-refractivity contribution in [2.75, 3.05) is 39.8 Å². The lowest BCUT2D eigenvalue weighted by molar-refractivity contribution is -0.143. The molecule has 1 amide bonds. The summed E-state index contributed by atoms with van der Waals surface area (Å²) in [4.78, 5) is 18.8. The maximum absolute atomic E-state index is 14.2. The van der Waals surface area contributed by atoms with Gasteiger partial charge in [0.1, 0.15) is 0 Å². The van der Waals surface area contributed by atoms with Crippen molar-refractivity contribution < 1.29 is 39.9 Å². The first kappa shape index (κ1) is 31.2. The monoisotopic (exact) mass is 591 g/mol. The molecule has 41 heavy (non-hydrogen) atoms. The molecule has 2 aliphatic rings. The lowest BCUT2D eigenvalue weighted by Crippen LogP contribution is -2.49. The molecule has 2 aromatic rings. The Morgan fingerprint density at radius 1 is 0.854 bits per heavy atom. The van der Waals surface area contributed by atoms with Gasteiger partial charge in [-0.05, 0) is 80.2 Å². The van der Waals surface area contributed by atoms with Crippen LogP contribution < -0.4 is 0 Å². The van der Waals surface area contributed by atoms with E-state index in [0.29, 0.717) is 36.8 Å². The first-order valence-corrected chi connectivity index (χ1v) is 13.7. The molecule has 0 saturated carbocycles. The van der Waals surface area contributed by atoms with Gasteiger partial charge in [-0.25, -0.2) is 8.78 Å². The van der Waals surface area contributed by atoms with E-state index in [1.807, 2.05) is 0 Å². The molecule has 2 heterocycles. The molecule has 0 bridgehead atoms. The summed E-state index contributed by atoms with van der Waals surface area (Å²) in [5.41, 5.74) is -2.97. The lowest BCUT2D eigenvalue weighted by atomic mass is 9.96. The van der Waals surface area contributed by atoms with Crippen molar-refractivity contribution in [1.29, 1.82) is 0 Å². The van der Waals surface area contributed by atoms with Crippen LogP contribution >= 0.6 is 0 Å². The van der Waals surface area contributed by atoms with Crippen LogP contribution in [0.5, 0.6) is 0 Å². The highest BCUT2D eigenvalue weighted by Crippen LogP contribution is 2.37. The second kappa shape index (κ2) is 12.6. The van der Waals surface area contributed by atoms with Gasteiger partial charge < -0.3 is 9.80 Å². The van der Waals surface area contributed by atoms with Crippen LogP contribution in [0.15, 0.2) is 36.4 Å². The van der Waals surface area contributed by atoms with E-state index in [-0.39, 0.29) is 12.6 Å². The Hall–Kier alpha value is -2.73. The number of likely N-dealkylation sites (tertiary alicyclic amines) is 2. The Labute approximate surface area is 233 Å². The van der Waals surface area contributed by atoms with Gasteiger partial charge in [0, 0.05) is 32.7 Å². The molecule has 4 nitrogen and oxygen atoms in total. The van der Waals surface area contributed by atoms with E-state index in [0.717, 1.165) is 50.9 Å². The van der Waals surface area contributed by atoms with Gasteiger partial charge in [0.25, 0.3) is 0 Å². The van der Waals surface area contributed by atoms with Crippen LogP contribution in [0.1, 0.15) is 60.4 Å². The third kappa shape index (κ3) is 7.97. The lowest BCUT2D eigenvalue weighted by Gasteiger charge is -2.43. The second-order valence-electron chi connectivity index (χ2n) is 10.9. The Morgan fingerprint density at radius 3 is 1.98 bits per heavy atom. The number of alkyl halides is 6. The fourth-order valence-electron chi connectivity index (χ4n) is 5.79. The van der Waals surface area contributed by atoms with Gasteiger partial charge >= 0.3 is 12.4 Å². The van der Waals surface area contributed by atoms with E-state index in [2.05, 4.69) is 9.80 Å². The molecule has 2 aromatic carbocycles. The van der Waals surface area contributed by atoms with Crippen molar-refractivity contribution in [3.63, 3.8) is 0 Å². The SMILES string of the molecule is CN(CC(c1ccc(F)c(F)c1)N1CCC(N2CCCCC2)CC1)C(=O)Cc1cc(C(F)(F)F)cc(C(F)(F)F)c1. The molecule has 1 unspecified atom stereocenters. The number of benzene rings is 2. The number of rotatable bonds is 7. The molecule has 12 heteroatoms. The van der Waals surface area contributed by atoms with Crippen molar-refractivity contribution in [2.45, 2.75) is 63.0 Å². The summed E-state index contributed by atoms with van der Waals surface area (Å²) in [6.45, 7) is 3.34. The molecule has 226 valence electrons. The second-order valence-corrected chi connectivity index (χ2v) is 10.9. The number of piperidine rings is 2. The minimum absolute atomic E-state index is 0.0105. The summed E-state index contributed by atoms with van der Waals surface area (Å²) < 4.78 is 108. The van der Waals surface area contributed by atoms with Crippen LogP contribution in [-0.2, 0) is 23.6 Å². The summed E-state index contributed by atoms with van der Waals surface area (Å²) in [5.74, 6) is -2.77. The smallest absolute Gasteiger partial charge is 0.344 e. The molecule has 0 radical (unpaired) electrons. The van der Waals surface area contributed by atoms with E-state index in [4.69, 9.17) is 0 Å². The zero-order chi connectivity index (χ0) is 29.9. The van der Waals surface area contributed by atoms with Gasteiger partial charge in [0.05, 0.1) is 23.6 Å². The van der Waals surface area contributed by atoms with E-state index in [1.54, 1.807) is 0 Å². The fourth-order valence-corrected chi connectivity index (χ4v) is 5.79. The molecule has 2 aliphatic heterocycles. The third-order valence-corrected chi connectivity index (χ3v) is 8.05. The Morgan fingerprint density at radius 2 is 1.44 bits per heavy atom. The first-order chi connectivity index (χ1) is 19.2. The Kier molecular flexibility index (Phi) is 9.63. The van der Waals surface area contributed by atoms with E-state index in [9.17, 15) is 39.9 Å². The predicted octanol–water partition coefficient (Wildman–Crippen LogP) is 6.69. The van der Waals surface area contributed by atoms with E-state index >= 15 is 0 Å². The number of likely N-dealkylation sites (N-methyl/N-ethyl adjacent to an activating group) is 1. The summed E-state index contributed by atoms with van der Waals surface area (Å²) in [6.07, 6.45) is -5.52. The van der Waals surface area contributed by atoms with Crippen molar-refractivity contribution >= 4 is 5.91 Å². The minimum Gasteiger partial charge on any atom is -0.344 e. The summed E-state index contributed by atoms with van der Waals surface area (Å²) in [6, 6.07) is 4.45. The number of amides is 1. The zero-order valence-corrected chi connectivity index (χ0v) is 22.7. The largest absolute Gasteiger partial charge is 0.416 e. The predicted molar refractivity (Wildman–Crippen MR) is 137 cm³/mol. The van der Waals surface area contributed by atoms with Crippen LogP contribution in [-0.4, -0.2) is 66.4 Å². The topological polar surface area (TPSA) is 26.8 Å². The van der Waals surface area contributed by atoms with Crippen LogP contribution in [0.4, 0.5) is 35.1 Å². The van der Waals surface area contributed by atoms with Crippen LogP contribution in [0.2, 0.25) is 0 Å². The molecule has 1 atom stereocenters. The van der Waals surface area contributed by atoms with Crippen molar-refractivity contribution in [3.8, 4) is 0 Å². The minimum atomic E-state index is -5.02. The Bertz CT molecular complexity index is 1170. The molecule has 0 N–H and O–H groups in total. The number of hydrogen-bond donors (Lipinski definition) is 0. The maximum atomic E-state index is 14.2. The highest BCUT2D eigenvalue weighted by molar-refractivity contribution is 5.78. The highest BCUT2D eigenvalue weighted by atomic mass is 19.4. The summed E-state index contributed by atoms with van der Waals surface area (Å²) in [5, 5.41) is 0. The fraction of sp³-hybridized carbons (Fsp3) is 0.552. The molecular formula is C29H33F8N3O. The van der Waals surface area contributed by atoms with Crippen LogP contribution in [0.3, 0.4) is 0 Å². The molecule has 2 saturated heterocycles. The number of hydrogen-bond acceptors (Lipinski definition) is 3. The molecule has 0 aromatic heterocycles. The Balaban J connectivity index is 1.51. The maximum Gasteiger partial charge on any atom is 0.416 e. The highest BCUT2D eigenvalue weighted by Gasteiger charge is 2.37. The van der Waals surface area contributed by atoms with Crippen molar-refractivity contribution in [3.05, 3.63) is 70.3 Å². The van der Waals surface area contributed by atoms with Gasteiger partial charge in [-0.1, -0.05) is 12.5 Å². The molecular weight excluding hydrogens is 558 g/mol. The van der Waals surface area contributed by atoms with Crippen molar-refractivity contribution in [2.24, 2.45) is 0 Å². The normalized spacial score (nSPS) is 18.9. The van der Waals surface area contributed by atoms with E-state index in [1.165, 1.54) is 24.4 Å². The average molecular weight is 592 g/mol. The van der Waals surface area contributed by atoms with Gasteiger partial charge in [-0.3, -0.25) is 9.69 Å². The summed E-state index contributed by atoms with van der Waals surface area (Å²) in [7, 11) is 1.40. The molecule has 2 fully saturated rings. The van der Waals surface area contributed by atoms with E-state index < -0.39 is 59.0 Å². The molecule has 0 aliphatic carbocycles. The van der Waals surface area contributed by atoms with Gasteiger partial charge in [-0.15, -0.1) is 0 Å². The molecule has 4 rings (SSSR count). The van der Waals surface area contributed by atoms with Crippen LogP contribution in [0.25, 0.3) is 0 Å². The number of carbonyl (C=O) groups excluding carboxylic acids is 1. The first-order valence-electron chi connectivity index (χ1n) is 13.7. The number of carbonyl (C=O) groups is 1. The summed E-state index contributed by atoms with van der Waals surface area (Å²) >= 11 is 0. The number of halogens is 8.